The summed E-state index contributed by atoms with van der Waals surface area (Å²) in [6.45, 7) is 9.40. The minimum Gasteiger partial charge on any atom is -0.475 e. The topological polar surface area (TPSA) is 79.7 Å². The Morgan fingerprint density at radius 1 is 1.47 bits per heavy atom. The van der Waals surface area contributed by atoms with Crippen molar-refractivity contribution in [3.63, 3.8) is 0 Å². The molecule has 1 aromatic heterocycles. The van der Waals surface area contributed by atoms with E-state index >= 15 is 0 Å². The van der Waals surface area contributed by atoms with Gasteiger partial charge in [-0.3, -0.25) is 4.90 Å². The third kappa shape index (κ3) is 5.04. The maximum atomic E-state index is 10.8. The lowest BCUT2D eigenvalue weighted by molar-refractivity contribution is 0.0657. The summed E-state index contributed by atoms with van der Waals surface area (Å²) in [6, 6.07) is 3.22. The molecule has 0 atom stereocenters. The monoisotopic (exact) mass is 268 g/mol. The van der Waals surface area contributed by atoms with Crippen LogP contribution >= 0.6 is 0 Å². The second-order valence-corrected chi connectivity index (χ2v) is 5.65. The predicted octanol–water partition coefficient (Wildman–Crippen LogP) is 2.17. The summed E-state index contributed by atoms with van der Waals surface area (Å²) >= 11 is 0. The molecule has 1 rings (SSSR count). The van der Waals surface area contributed by atoms with Gasteiger partial charge in [-0.25, -0.2) is 4.79 Å². The maximum absolute atomic E-state index is 10.8. The molecule has 0 bridgehead atoms. The first-order valence-corrected chi connectivity index (χ1v) is 6.62. The van der Waals surface area contributed by atoms with Crippen LogP contribution in [0.4, 0.5) is 0 Å². The van der Waals surface area contributed by atoms with Gasteiger partial charge in [0.05, 0.1) is 6.54 Å². The standard InChI is InChI=1S/C14H24N2O3/c1-4-7-16(10-14(2,3)9-15)8-11-5-6-12(19-11)13(17)18/h5-6H,4,7-10,15H2,1-3H3,(H,17,18). The highest BCUT2D eigenvalue weighted by Crippen LogP contribution is 2.18. The van der Waals surface area contributed by atoms with Crippen LogP contribution < -0.4 is 5.73 Å². The first kappa shape index (κ1) is 15.7. The van der Waals surface area contributed by atoms with Crippen molar-refractivity contribution in [3.8, 4) is 0 Å². The lowest BCUT2D eigenvalue weighted by Crippen LogP contribution is -2.38. The number of aromatic carboxylic acids is 1. The molecule has 0 spiro atoms. The molecule has 0 aliphatic carbocycles. The molecule has 0 saturated heterocycles. The summed E-state index contributed by atoms with van der Waals surface area (Å²) in [7, 11) is 0. The van der Waals surface area contributed by atoms with Crippen molar-refractivity contribution in [1.82, 2.24) is 4.90 Å². The quantitative estimate of drug-likeness (QED) is 0.755. The van der Waals surface area contributed by atoms with Gasteiger partial charge in [-0.15, -0.1) is 0 Å². The summed E-state index contributed by atoms with van der Waals surface area (Å²) in [5.74, 6) is -0.362. The number of hydrogen-bond donors (Lipinski definition) is 2. The van der Waals surface area contributed by atoms with Crippen molar-refractivity contribution >= 4 is 5.97 Å². The Morgan fingerprint density at radius 2 is 2.16 bits per heavy atom. The van der Waals surface area contributed by atoms with Gasteiger partial charge in [0, 0.05) is 6.54 Å². The van der Waals surface area contributed by atoms with Crippen molar-refractivity contribution in [2.24, 2.45) is 11.1 Å². The molecule has 0 aliphatic heterocycles. The van der Waals surface area contributed by atoms with E-state index in [0.717, 1.165) is 19.5 Å². The van der Waals surface area contributed by atoms with Gasteiger partial charge >= 0.3 is 5.97 Å². The lowest BCUT2D eigenvalue weighted by atomic mass is 9.93. The molecule has 108 valence electrons. The Morgan fingerprint density at radius 3 is 2.63 bits per heavy atom. The van der Waals surface area contributed by atoms with E-state index in [-0.39, 0.29) is 11.2 Å². The van der Waals surface area contributed by atoms with Gasteiger partial charge in [-0.05, 0) is 37.1 Å². The molecular weight excluding hydrogens is 244 g/mol. The second kappa shape index (κ2) is 6.73. The smallest absolute Gasteiger partial charge is 0.371 e. The largest absolute Gasteiger partial charge is 0.475 e. The molecule has 0 saturated carbocycles. The minimum atomic E-state index is -1.03. The van der Waals surface area contributed by atoms with Crippen LogP contribution in [0.1, 0.15) is 43.5 Å². The molecule has 0 unspecified atom stereocenters. The minimum absolute atomic E-state index is 0.00969. The van der Waals surface area contributed by atoms with E-state index in [9.17, 15) is 4.79 Å². The molecule has 0 radical (unpaired) electrons. The molecule has 19 heavy (non-hydrogen) atoms. The number of nitrogens with zero attached hydrogens (tertiary/aromatic N) is 1. The number of carbonyl (C=O) groups is 1. The van der Waals surface area contributed by atoms with Crippen molar-refractivity contribution in [2.75, 3.05) is 19.6 Å². The molecule has 3 N–H and O–H groups in total. The average Bonchev–Trinajstić information content (AvgIpc) is 2.77. The number of furan rings is 1. The molecule has 5 heteroatoms. The Hall–Kier alpha value is -1.33. The van der Waals surface area contributed by atoms with Crippen LogP contribution in [-0.4, -0.2) is 35.6 Å². The molecule has 1 aromatic rings. The van der Waals surface area contributed by atoms with Crippen LogP contribution in [-0.2, 0) is 6.54 Å². The van der Waals surface area contributed by atoms with E-state index in [0.29, 0.717) is 18.8 Å². The summed E-state index contributed by atoms with van der Waals surface area (Å²) in [6.07, 6.45) is 1.03. The number of rotatable bonds is 8. The normalized spacial score (nSPS) is 12.1. The Bertz CT molecular complexity index is 413. The van der Waals surface area contributed by atoms with Crippen molar-refractivity contribution in [3.05, 3.63) is 23.7 Å². The van der Waals surface area contributed by atoms with E-state index in [1.165, 1.54) is 6.07 Å². The fraction of sp³-hybridized carbons (Fsp3) is 0.643. The first-order valence-electron chi connectivity index (χ1n) is 6.62. The van der Waals surface area contributed by atoms with Crippen LogP contribution in [0.3, 0.4) is 0 Å². The van der Waals surface area contributed by atoms with Gasteiger partial charge in [-0.1, -0.05) is 20.8 Å². The highest BCUT2D eigenvalue weighted by molar-refractivity contribution is 5.84. The van der Waals surface area contributed by atoms with Crippen LogP contribution in [0, 0.1) is 5.41 Å². The molecule has 1 heterocycles. The van der Waals surface area contributed by atoms with Gasteiger partial charge in [0.2, 0.25) is 5.76 Å². The molecule has 0 aliphatic rings. The molecular formula is C14H24N2O3. The number of nitrogens with two attached hydrogens (primary N) is 1. The van der Waals surface area contributed by atoms with Crippen LogP contribution in [0.2, 0.25) is 0 Å². The van der Waals surface area contributed by atoms with E-state index in [1.54, 1.807) is 6.07 Å². The third-order valence-corrected chi connectivity index (χ3v) is 3.00. The fourth-order valence-electron chi connectivity index (χ4n) is 2.00. The van der Waals surface area contributed by atoms with Crippen LogP contribution in [0.5, 0.6) is 0 Å². The van der Waals surface area contributed by atoms with Crippen molar-refractivity contribution in [1.29, 1.82) is 0 Å². The Balaban J connectivity index is 2.69. The summed E-state index contributed by atoms with van der Waals surface area (Å²) in [4.78, 5) is 13.0. The van der Waals surface area contributed by atoms with E-state index in [4.69, 9.17) is 15.3 Å². The van der Waals surface area contributed by atoms with Gasteiger partial charge < -0.3 is 15.3 Å². The molecule has 0 amide bonds. The first-order chi connectivity index (χ1) is 8.88. The van der Waals surface area contributed by atoms with Gasteiger partial charge in [0.1, 0.15) is 5.76 Å². The van der Waals surface area contributed by atoms with Crippen LogP contribution in [0.25, 0.3) is 0 Å². The lowest BCUT2D eigenvalue weighted by Gasteiger charge is -2.31. The number of hydrogen-bond acceptors (Lipinski definition) is 4. The number of carboxylic acids is 1. The van der Waals surface area contributed by atoms with E-state index in [2.05, 4.69) is 25.7 Å². The highest BCUT2D eigenvalue weighted by Gasteiger charge is 2.21. The SMILES string of the molecule is CCCN(Cc1ccc(C(=O)O)o1)CC(C)(C)CN. The zero-order chi connectivity index (χ0) is 14.5. The molecule has 0 aromatic carbocycles. The second-order valence-electron chi connectivity index (χ2n) is 5.65. The Kier molecular flexibility index (Phi) is 5.57. The zero-order valence-corrected chi connectivity index (χ0v) is 12.0. The summed E-state index contributed by atoms with van der Waals surface area (Å²) in [5, 5.41) is 8.84. The summed E-state index contributed by atoms with van der Waals surface area (Å²) in [5.41, 5.74) is 5.80. The predicted molar refractivity (Wildman–Crippen MR) is 74.1 cm³/mol. The third-order valence-electron chi connectivity index (χ3n) is 3.00. The molecule has 0 fully saturated rings. The zero-order valence-electron chi connectivity index (χ0n) is 12.0. The van der Waals surface area contributed by atoms with Gasteiger partial charge in [-0.2, -0.15) is 0 Å². The van der Waals surface area contributed by atoms with E-state index in [1.807, 2.05) is 0 Å². The Labute approximate surface area is 114 Å². The number of carboxylic acid groups (broad SMARTS) is 1. The van der Waals surface area contributed by atoms with E-state index < -0.39 is 5.97 Å². The van der Waals surface area contributed by atoms with Gasteiger partial charge in [0.25, 0.3) is 0 Å². The van der Waals surface area contributed by atoms with Gasteiger partial charge in [0.15, 0.2) is 0 Å². The summed E-state index contributed by atoms with van der Waals surface area (Å²) < 4.78 is 5.30. The highest BCUT2D eigenvalue weighted by atomic mass is 16.4. The fourth-order valence-corrected chi connectivity index (χ4v) is 2.00. The van der Waals surface area contributed by atoms with Crippen molar-refractivity contribution < 1.29 is 14.3 Å². The average molecular weight is 268 g/mol. The molecule has 5 nitrogen and oxygen atoms in total. The maximum Gasteiger partial charge on any atom is 0.371 e. The van der Waals surface area contributed by atoms with Crippen molar-refractivity contribution in [2.45, 2.75) is 33.7 Å². The van der Waals surface area contributed by atoms with Crippen LogP contribution in [0.15, 0.2) is 16.5 Å².